The lowest BCUT2D eigenvalue weighted by molar-refractivity contribution is 0.899. The number of nitrogens with zero attached hydrogens (tertiary/aromatic N) is 3. The largest absolute Gasteiger partial charge is 0.233 e. The molecule has 0 atom stereocenters. The third-order valence-electron chi connectivity index (χ3n) is 3.26. The highest BCUT2D eigenvalue weighted by Gasteiger charge is 2.13. The van der Waals surface area contributed by atoms with Gasteiger partial charge in [-0.1, -0.05) is 41.9 Å². The maximum atomic E-state index is 6.43. The van der Waals surface area contributed by atoms with Gasteiger partial charge in [0.1, 0.15) is 5.15 Å². The lowest BCUT2D eigenvalue weighted by Gasteiger charge is -2.07. The Morgan fingerprint density at radius 3 is 2.65 bits per heavy atom. The van der Waals surface area contributed by atoms with Gasteiger partial charge >= 0.3 is 0 Å². The van der Waals surface area contributed by atoms with Crippen molar-refractivity contribution in [2.45, 2.75) is 13.3 Å². The molecule has 3 aromatic rings. The summed E-state index contributed by atoms with van der Waals surface area (Å²) in [5, 5.41) is 5.14. The van der Waals surface area contributed by atoms with Crippen LogP contribution in [0.25, 0.3) is 16.9 Å². The molecule has 102 valence electrons. The molecule has 3 nitrogen and oxygen atoms in total. The second-order valence-corrected chi connectivity index (χ2v) is 5.31. The van der Waals surface area contributed by atoms with Crippen molar-refractivity contribution >= 4 is 28.8 Å². The summed E-state index contributed by atoms with van der Waals surface area (Å²) in [6.45, 7) is 1.95. The van der Waals surface area contributed by atoms with Gasteiger partial charge in [-0.05, 0) is 13.3 Å². The van der Waals surface area contributed by atoms with Gasteiger partial charge in [0.25, 0.3) is 0 Å². The molecule has 0 saturated heterocycles. The van der Waals surface area contributed by atoms with Crippen molar-refractivity contribution in [1.29, 1.82) is 0 Å². The molecule has 0 aliphatic carbocycles. The van der Waals surface area contributed by atoms with Gasteiger partial charge in [0.2, 0.25) is 0 Å². The first-order valence-electron chi connectivity index (χ1n) is 6.37. The molecule has 2 aromatic heterocycles. The van der Waals surface area contributed by atoms with E-state index in [9.17, 15) is 0 Å². The molecule has 5 heteroatoms. The molecule has 0 fully saturated rings. The third kappa shape index (κ3) is 2.28. The monoisotopic (exact) mass is 305 g/mol. The second kappa shape index (κ2) is 5.43. The molecule has 0 N–H and O–H groups in total. The van der Waals surface area contributed by atoms with Gasteiger partial charge in [-0.25, -0.2) is 9.50 Å². The topological polar surface area (TPSA) is 30.2 Å². The first-order valence-corrected chi connectivity index (χ1v) is 7.28. The van der Waals surface area contributed by atoms with Crippen molar-refractivity contribution in [1.82, 2.24) is 14.6 Å². The van der Waals surface area contributed by atoms with Gasteiger partial charge in [-0.3, -0.25) is 0 Å². The zero-order chi connectivity index (χ0) is 14.1. The average molecular weight is 306 g/mol. The SMILES string of the molecule is Cc1nc2cc(-c3ccccc3)nn2c(Cl)c1CCCl. The van der Waals surface area contributed by atoms with E-state index in [1.165, 1.54) is 0 Å². The number of benzene rings is 1. The zero-order valence-electron chi connectivity index (χ0n) is 11.0. The summed E-state index contributed by atoms with van der Waals surface area (Å²) >= 11 is 12.2. The number of alkyl halides is 1. The van der Waals surface area contributed by atoms with Crippen LogP contribution in [0.4, 0.5) is 0 Å². The van der Waals surface area contributed by atoms with Gasteiger partial charge in [-0.2, -0.15) is 5.10 Å². The van der Waals surface area contributed by atoms with Crippen LogP contribution in [-0.2, 0) is 6.42 Å². The van der Waals surface area contributed by atoms with Gasteiger partial charge in [0, 0.05) is 28.8 Å². The van der Waals surface area contributed by atoms with Crippen LogP contribution < -0.4 is 0 Å². The van der Waals surface area contributed by atoms with E-state index >= 15 is 0 Å². The quantitative estimate of drug-likeness (QED) is 0.538. The first kappa shape index (κ1) is 13.4. The first-order chi connectivity index (χ1) is 9.70. The van der Waals surface area contributed by atoms with Crippen LogP contribution in [0.2, 0.25) is 5.15 Å². The summed E-state index contributed by atoms with van der Waals surface area (Å²) in [5.74, 6) is 0.514. The van der Waals surface area contributed by atoms with Crippen molar-refractivity contribution in [2.75, 3.05) is 5.88 Å². The fraction of sp³-hybridized carbons (Fsp3) is 0.200. The summed E-state index contributed by atoms with van der Waals surface area (Å²) in [5.41, 5.74) is 4.53. The minimum atomic E-state index is 0.514. The fourth-order valence-corrected chi connectivity index (χ4v) is 2.78. The maximum Gasteiger partial charge on any atom is 0.157 e. The van der Waals surface area contributed by atoms with E-state index in [1.54, 1.807) is 4.52 Å². The van der Waals surface area contributed by atoms with Crippen molar-refractivity contribution in [3.8, 4) is 11.3 Å². The smallest absolute Gasteiger partial charge is 0.157 e. The standard InChI is InChI=1S/C15H13Cl2N3/c1-10-12(7-8-16)15(17)20-14(18-10)9-13(19-20)11-5-3-2-4-6-11/h2-6,9H,7-8H2,1H3. The Bertz CT molecular complexity index is 751. The molecule has 2 heterocycles. The number of rotatable bonds is 3. The van der Waals surface area contributed by atoms with Crippen molar-refractivity contribution in [3.63, 3.8) is 0 Å². The fourth-order valence-electron chi connectivity index (χ4n) is 2.24. The van der Waals surface area contributed by atoms with Crippen molar-refractivity contribution in [2.24, 2.45) is 0 Å². The molecule has 0 amide bonds. The lowest BCUT2D eigenvalue weighted by atomic mass is 10.1. The molecule has 3 rings (SSSR count). The Morgan fingerprint density at radius 1 is 1.20 bits per heavy atom. The van der Waals surface area contributed by atoms with Crippen molar-refractivity contribution < 1.29 is 0 Å². The highest BCUT2D eigenvalue weighted by Crippen LogP contribution is 2.25. The van der Waals surface area contributed by atoms with E-state index in [1.807, 2.05) is 43.3 Å². The number of aromatic nitrogens is 3. The summed E-state index contributed by atoms with van der Waals surface area (Å²) in [6.07, 6.45) is 0.690. The second-order valence-electron chi connectivity index (χ2n) is 4.57. The predicted octanol–water partition coefficient (Wildman–Crippen LogP) is 4.14. The van der Waals surface area contributed by atoms with E-state index in [0.29, 0.717) is 17.5 Å². The van der Waals surface area contributed by atoms with E-state index in [2.05, 4.69) is 10.1 Å². The number of halogens is 2. The molecule has 0 aliphatic heterocycles. The van der Waals surface area contributed by atoms with Crippen LogP contribution in [0.15, 0.2) is 36.4 Å². The van der Waals surface area contributed by atoms with Crippen LogP contribution in [0.5, 0.6) is 0 Å². The summed E-state index contributed by atoms with van der Waals surface area (Å²) in [6, 6.07) is 11.9. The Labute approximate surface area is 127 Å². The molecule has 0 radical (unpaired) electrons. The Morgan fingerprint density at radius 2 is 1.95 bits per heavy atom. The minimum Gasteiger partial charge on any atom is -0.233 e. The summed E-state index contributed by atoms with van der Waals surface area (Å²) in [7, 11) is 0. The number of hydrogen-bond donors (Lipinski definition) is 0. The summed E-state index contributed by atoms with van der Waals surface area (Å²) in [4.78, 5) is 4.56. The highest BCUT2D eigenvalue weighted by molar-refractivity contribution is 6.30. The zero-order valence-corrected chi connectivity index (χ0v) is 12.5. The minimum absolute atomic E-state index is 0.514. The average Bonchev–Trinajstić information content (AvgIpc) is 2.88. The molecule has 20 heavy (non-hydrogen) atoms. The number of hydrogen-bond acceptors (Lipinski definition) is 2. The van der Waals surface area contributed by atoms with E-state index in [4.69, 9.17) is 23.2 Å². The molecule has 1 aromatic carbocycles. The molecule has 0 aliphatic rings. The highest BCUT2D eigenvalue weighted by atomic mass is 35.5. The maximum absolute atomic E-state index is 6.43. The van der Waals surface area contributed by atoms with E-state index < -0.39 is 0 Å². The van der Waals surface area contributed by atoms with Gasteiger partial charge in [0.15, 0.2) is 5.65 Å². The van der Waals surface area contributed by atoms with Crippen molar-refractivity contribution in [3.05, 3.63) is 52.8 Å². The third-order valence-corrected chi connectivity index (χ3v) is 3.84. The van der Waals surface area contributed by atoms with E-state index in [0.717, 1.165) is 28.2 Å². The molecule has 0 spiro atoms. The lowest BCUT2D eigenvalue weighted by Crippen LogP contribution is -2.03. The molecular formula is C15H13Cl2N3. The molecule has 0 unspecified atom stereocenters. The Hall–Kier alpha value is -1.58. The van der Waals surface area contributed by atoms with Gasteiger partial charge < -0.3 is 0 Å². The summed E-state index contributed by atoms with van der Waals surface area (Å²) < 4.78 is 1.68. The van der Waals surface area contributed by atoms with Gasteiger partial charge in [0.05, 0.1) is 5.69 Å². The van der Waals surface area contributed by atoms with Crippen LogP contribution >= 0.6 is 23.2 Å². The normalized spacial score (nSPS) is 11.2. The van der Waals surface area contributed by atoms with Crippen LogP contribution in [0.3, 0.4) is 0 Å². The van der Waals surface area contributed by atoms with Crippen LogP contribution in [0, 0.1) is 6.92 Å². The number of fused-ring (bicyclic) bond motifs is 1. The predicted molar refractivity (Wildman–Crippen MR) is 82.6 cm³/mol. The van der Waals surface area contributed by atoms with Crippen LogP contribution in [0.1, 0.15) is 11.3 Å². The number of aryl methyl sites for hydroxylation is 1. The molecule has 0 saturated carbocycles. The van der Waals surface area contributed by atoms with E-state index in [-0.39, 0.29) is 0 Å². The molecular weight excluding hydrogens is 293 g/mol. The Kier molecular flexibility index (Phi) is 3.64. The van der Waals surface area contributed by atoms with Crippen LogP contribution in [-0.4, -0.2) is 20.5 Å². The Balaban J connectivity index is 2.19. The molecule has 0 bridgehead atoms. The van der Waals surface area contributed by atoms with Gasteiger partial charge in [-0.15, -0.1) is 11.6 Å².